The molecule has 1 aromatic carbocycles. The lowest BCUT2D eigenvalue weighted by molar-refractivity contribution is 1.48. The van der Waals surface area contributed by atoms with Crippen LogP contribution in [0.5, 0.6) is 0 Å². The van der Waals surface area contributed by atoms with Gasteiger partial charge in [0.25, 0.3) is 5.70 Å². The molecule has 0 aliphatic carbocycles. The van der Waals surface area contributed by atoms with Crippen molar-refractivity contribution in [1.29, 1.82) is 0 Å². The SMILES string of the molecule is [CH+]=C(N=[N+]=[N-])c1ccccc1. The van der Waals surface area contributed by atoms with Crippen LogP contribution in [0.3, 0.4) is 0 Å². The summed E-state index contributed by atoms with van der Waals surface area (Å²) >= 11 is 0. The smallest absolute Gasteiger partial charge is 0.0586 e. The number of azide groups is 1. The molecule has 0 radical (unpaired) electrons. The van der Waals surface area contributed by atoms with Gasteiger partial charge in [-0.1, -0.05) is 6.07 Å². The summed E-state index contributed by atoms with van der Waals surface area (Å²) in [6.45, 7) is 5.40. The minimum atomic E-state index is 0.202. The summed E-state index contributed by atoms with van der Waals surface area (Å²) in [6, 6.07) is 9.09. The first-order valence-corrected chi connectivity index (χ1v) is 3.07. The van der Waals surface area contributed by atoms with Crippen LogP contribution in [0, 0.1) is 6.58 Å². The predicted octanol–water partition coefficient (Wildman–Crippen LogP) is 2.77. The molecule has 0 heterocycles. The maximum absolute atomic E-state index is 8.06. The Hall–Kier alpha value is -1.82. The number of rotatable bonds is 2. The monoisotopic (exact) mass is 144 g/mol. The second-order valence-electron chi connectivity index (χ2n) is 1.94. The van der Waals surface area contributed by atoms with Gasteiger partial charge in [-0.3, -0.25) is 0 Å². The van der Waals surface area contributed by atoms with E-state index in [1.165, 1.54) is 0 Å². The highest BCUT2D eigenvalue weighted by Gasteiger charge is 2.04. The van der Waals surface area contributed by atoms with Gasteiger partial charge in [-0.05, 0) is 22.8 Å². The van der Waals surface area contributed by atoms with E-state index in [0.717, 1.165) is 5.56 Å². The lowest BCUT2D eigenvalue weighted by Gasteiger charge is -1.83. The first-order chi connectivity index (χ1) is 5.34. The normalized spacial score (nSPS) is 8.27. The van der Waals surface area contributed by atoms with Gasteiger partial charge in [0, 0.05) is 17.0 Å². The van der Waals surface area contributed by atoms with Gasteiger partial charge in [0.15, 0.2) is 0 Å². The van der Waals surface area contributed by atoms with Crippen LogP contribution in [-0.4, -0.2) is 0 Å². The van der Waals surface area contributed by atoms with Crippen molar-refractivity contribution in [2.45, 2.75) is 0 Å². The molecule has 0 fully saturated rings. The highest BCUT2D eigenvalue weighted by atomic mass is 15.1. The fourth-order valence-corrected chi connectivity index (χ4v) is 0.715. The van der Waals surface area contributed by atoms with Crippen molar-refractivity contribution in [3.05, 3.63) is 52.9 Å². The van der Waals surface area contributed by atoms with Gasteiger partial charge in [-0.25, -0.2) is 0 Å². The second-order valence-corrected chi connectivity index (χ2v) is 1.94. The van der Waals surface area contributed by atoms with Crippen LogP contribution < -0.4 is 0 Å². The van der Waals surface area contributed by atoms with Gasteiger partial charge >= 0.3 is 0 Å². The summed E-state index contributed by atoms with van der Waals surface area (Å²) in [4.78, 5) is 2.57. The van der Waals surface area contributed by atoms with E-state index in [9.17, 15) is 0 Å². The molecule has 0 spiro atoms. The molecule has 0 aromatic heterocycles. The van der Waals surface area contributed by atoms with Gasteiger partial charge in [0.05, 0.1) is 6.58 Å². The van der Waals surface area contributed by atoms with Crippen molar-refractivity contribution < 1.29 is 0 Å². The molecule has 0 atom stereocenters. The van der Waals surface area contributed by atoms with E-state index >= 15 is 0 Å². The summed E-state index contributed by atoms with van der Waals surface area (Å²) < 4.78 is 0. The molecule has 0 unspecified atom stereocenters. The molecule has 11 heavy (non-hydrogen) atoms. The highest BCUT2D eigenvalue weighted by molar-refractivity contribution is 5.60. The average molecular weight is 144 g/mol. The molecule has 0 saturated carbocycles. The van der Waals surface area contributed by atoms with Gasteiger partial charge in [0.1, 0.15) is 5.56 Å². The first kappa shape index (κ1) is 7.29. The van der Waals surface area contributed by atoms with Crippen LogP contribution in [0.2, 0.25) is 0 Å². The number of hydrogen-bond acceptors (Lipinski definition) is 1. The van der Waals surface area contributed by atoms with Crippen molar-refractivity contribution in [3.8, 4) is 0 Å². The lowest BCUT2D eigenvalue weighted by atomic mass is 10.2. The molecule has 3 nitrogen and oxygen atoms in total. The zero-order valence-electron chi connectivity index (χ0n) is 5.81. The molecule has 0 aliphatic heterocycles. The molecule has 52 valence electrons. The van der Waals surface area contributed by atoms with Gasteiger partial charge in [0.2, 0.25) is 0 Å². The summed E-state index contributed by atoms with van der Waals surface area (Å²) in [5.74, 6) is 0. The maximum Gasteiger partial charge on any atom is 0.258 e. The fraction of sp³-hybridized carbons (Fsp3) is 0. The topological polar surface area (TPSA) is 48.8 Å². The Morgan fingerprint density at radius 3 is 2.55 bits per heavy atom. The maximum atomic E-state index is 8.06. The van der Waals surface area contributed by atoms with E-state index in [1.54, 1.807) is 12.1 Å². The summed E-state index contributed by atoms with van der Waals surface area (Å²) in [5.41, 5.74) is 9.00. The molecule has 1 rings (SSSR count). The Kier molecular flexibility index (Phi) is 2.24. The standard InChI is InChI=1S/C8H6N3/c1-7(10-11-9)8-5-3-2-4-6-8/h1-6H/q+1. The predicted molar refractivity (Wildman–Crippen MR) is 43.3 cm³/mol. The minimum absolute atomic E-state index is 0.202. The third-order valence-electron chi connectivity index (χ3n) is 1.22. The molecule has 1 aromatic rings. The Morgan fingerprint density at radius 2 is 2.00 bits per heavy atom. The Labute approximate surface area is 64.6 Å². The molecule has 0 saturated heterocycles. The molecule has 0 N–H and O–H groups in total. The van der Waals surface area contributed by atoms with E-state index in [2.05, 4.69) is 10.0 Å². The van der Waals surface area contributed by atoms with Crippen LogP contribution >= 0.6 is 0 Å². The van der Waals surface area contributed by atoms with Crippen molar-refractivity contribution in [3.63, 3.8) is 0 Å². The summed E-state index contributed by atoms with van der Waals surface area (Å²) in [7, 11) is 0. The molecule has 0 bridgehead atoms. The Morgan fingerprint density at radius 1 is 1.36 bits per heavy atom. The van der Waals surface area contributed by atoms with Crippen LogP contribution in [-0.2, 0) is 0 Å². The molecule has 0 amide bonds. The largest absolute Gasteiger partial charge is 0.258 e. The molecular formula is C8H6N3+. The minimum Gasteiger partial charge on any atom is -0.0586 e. The third kappa shape index (κ3) is 1.80. The summed E-state index contributed by atoms with van der Waals surface area (Å²) in [5, 5.41) is 3.27. The van der Waals surface area contributed by atoms with Crippen LogP contribution in [0.1, 0.15) is 5.56 Å². The van der Waals surface area contributed by atoms with Gasteiger partial charge < -0.3 is 0 Å². The highest BCUT2D eigenvalue weighted by Crippen LogP contribution is 2.11. The molecular weight excluding hydrogens is 138 g/mol. The third-order valence-corrected chi connectivity index (χ3v) is 1.22. The van der Waals surface area contributed by atoms with E-state index in [0.29, 0.717) is 0 Å². The lowest BCUT2D eigenvalue weighted by Crippen LogP contribution is -1.74. The fourth-order valence-electron chi connectivity index (χ4n) is 0.715. The zero-order chi connectivity index (χ0) is 8.10. The first-order valence-electron chi connectivity index (χ1n) is 3.07. The zero-order valence-corrected chi connectivity index (χ0v) is 5.81. The van der Waals surface area contributed by atoms with Crippen molar-refractivity contribution in [2.24, 2.45) is 5.11 Å². The van der Waals surface area contributed by atoms with Gasteiger partial charge in [-0.2, -0.15) is 0 Å². The molecule has 3 heteroatoms. The van der Waals surface area contributed by atoms with Crippen molar-refractivity contribution in [1.82, 2.24) is 0 Å². The Bertz CT molecular complexity index is 296. The van der Waals surface area contributed by atoms with E-state index in [-0.39, 0.29) is 5.70 Å². The second kappa shape index (κ2) is 3.37. The number of benzene rings is 1. The van der Waals surface area contributed by atoms with Crippen LogP contribution in [0.25, 0.3) is 16.1 Å². The number of nitrogens with zero attached hydrogens (tertiary/aromatic N) is 3. The van der Waals surface area contributed by atoms with E-state index in [1.807, 2.05) is 18.2 Å². The quantitative estimate of drug-likeness (QED) is 0.265. The average Bonchev–Trinajstić information content (AvgIpc) is 2.07. The Balaban J connectivity index is 2.94. The van der Waals surface area contributed by atoms with Crippen molar-refractivity contribution in [2.75, 3.05) is 0 Å². The van der Waals surface area contributed by atoms with Crippen LogP contribution in [0.15, 0.2) is 35.4 Å². The van der Waals surface area contributed by atoms with Crippen LogP contribution in [0.4, 0.5) is 0 Å². The number of hydrogen-bond donors (Lipinski definition) is 0. The van der Waals surface area contributed by atoms with E-state index in [4.69, 9.17) is 12.1 Å². The summed E-state index contributed by atoms with van der Waals surface area (Å²) in [6.07, 6.45) is 0. The van der Waals surface area contributed by atoms with Gasteiger partial charge in [-0.15, -0.1) is 0 Å². The van der Waals surface area contributed by atoms with E-state index < -0.39 is 0 Å². The van der Waals surface area contributed by atoms with Crippen molar-refractivity contribution >= 4 is 5.70 Å². The molecule has 0 aliphatic rings.